The van der Waals surface area contributed by atoms with Crippen molar-refractivity contribution in [2.45, 2.75) is 13.3 Å². The van der Waals surface area contributed by atoms with Gasteiger partial charge in [-0.25, -0.2) is 4.79 Å². The fourth-order valence-electron chi connectivity index (χ4n) is 1.77. The van der Waals surface area contributed by atoms with Gasteiger partial charge in [0.15, 0.2) is 0 Å². The molecule has 2 N–H and O–H groups in total. The molecular formula is C14H19N5O2. The van der Waals surface area contributed by atoms with Crippen LogP contribution in [0.15, 0.2) is 24.3 Å². The summed E-state index contributed by atoms with van der Waals surface area (Å²) in [4.78, 5) is 15.8. The standard InChI is InChI=1S/C14H19N5O2/c1-10-16-13(18-19(10)2)17-14(20)15-9-8-11-4-6-12(21-3)7-5-11/h4-7H,8-9H2,1-3H3,(H2,15,17,18,20). The highest BCUT2D eigenvalue weighted by atomic mass is 16.5. The molecule has 0 atom stereocenters. The molecule has 0 spiro atoms. The summed E-state index contributed by atoms with van der Waals surface area (Å²) in [6.07, 6.45) is 0.742. The molecule has 2 amide bonds. The maximum Gasteiger partial charge on any atom is 0.321 e. The molecule has 0 bridgehead atoms. The van der Waals surface area contributed by atoms with Crippen LogP contribution in [0.3, 0.4) is 0 Å². The number of aromatic nitrogens is 3. The van der Waals surface area contributed by atoms with E-state index in [-0.39, 0.29) is 6.03 Å². The minimum absolute atomic E-state index is 0.303. The zero-order valence-corrected chi connectivity index (χ0v) is 12.4. The smallest absolute Gasteiger partial charge is 0.321 e. The van der Waals surface area contributed by atoms with E-state index in [4.69, 9.17) is 4.74 Å². The van der Waals surface area contributed by atoms with E-state index in [9.17, 15) is 4.79 Å². The van der Waals surface area contributed by atoms with Gasteiger partial charge in [-0.1, -0.05) is 12.1 Å². The van der Waals surface area contributed by atoms with E-state index in [0.29, 0.717) is 12.5 Å². The lowest BCUT2D eigenvalue weighted by Crippen LogP contribution is -2.30. The lowest BCUT2D eigenvalue weighted by atomic mass is 10.1. The van der Waals surface area contributed by atoms with Gasteiger partial charge in [-0.15, -0.1) is 5.10 Å². The highest BCUT2D eigenvalue weighted by Crippen LogP contribution is 2.11. The molecule has 0 aliphatic heterocycles. The average molecular weight is 289 g/mol. The van der Waals surface area contributed by atoms with Crippen molar-refractivity contribution in [3.05, 3.63) is 35.7 Å². The van der Waals surface area contributed by atoms with Crippen molar-refractivity contribution in [3.8, 4) is 5.75 Å². The first-order chi connectivity index (χ1) is 10.1. The number of urea groups is 1. The van der Waals surface area contributed by atoms with Gasteiger partial charge >= 0.3 is 6.03 Å². The van der Waals surface area contributed by atoms with Crippen LogP contribution in [0.1, 0.15) is 11.4 Å². The number of amides is 2. The predicted octanol–water partition coefficient (Wildman–Crippen LogP) is 1.50. The number of nitrogens with zero attached hydrogens (tertiary/aromatic N) is 3. The summed E-state index contributed by atoms with van der Waals surface area (Å²) in [7, 11) is 3.41. The molecule has 1 aromatic heterocycles. The summed E-state index contributed by atoms with van der Waals surface area (Å²) < 4.78 is 6.70. The van der Waals surface area contributed by atoms with Crippen LogP contribution in [0.25, 0.3) is 0 Å². The largest absolute Gasteiger partial charge is 0.497 e. The first-order valence-corrected chi connectivity index (χ1v) is 6.64. The van der Waals surface area contributed by atoms with Crippen molar-refractivity contribution in [1.29, 1.82) is 0 Å². The van der Waals surface area contributed by atoms with Gasteiger partial charge in [-0.3, -0.25) is 10.00 Å². The molecule has 0 aliphatic rings. The number of anilines is 1. The minimum Gasteiger partial charge on any atom is -0.497 e. The van der Waals surface area contributed by atoms with Gasteiger partial charge in [0.1, 0.15) is 11.6 Å². The summed E-state index contributed by atoms with van der Waals surface area (Å²) in [5.74, 6) is 1.86. The summed E-state index contributed by atoms with van der Waals surface area (Å²) >= 11 is 0. The number of methoxy groups -OCH3 is 1. The zero-order valence-electron chi connectivity index (χ0n) is 12.4. The lowest BCUT2D eigenvalue weighted by Gasteiger charge is -2.06. The monoisotopic (exact) mass is 289 g/mol. The van der Waals surface area contributed by atoms with E-state index < -0.39 is 0 Å². The fraction of sp³-hybridized carbons (Fsp3) is 0.357. The number of aryl methyl sites for hydroxylation is 2. The van der Waals surface area contributed by atoms with Gasteiger partial charge in [0, 0.05) is 13.6 Å². The Labute approximate surface area is 123 Å². The number of carbonyl (C=O) groups is 1. The van der Waals surface area contributed by atoms with Crippen LogP contribution >= 0.6 is 0 Å². The van der Waals surface area contributed by atoms with Crippen molar-refractivity contribution in [2.75, 3.05) is 19.0 Å². The highest BCUT2D eigenvalue weighted by molar-refractivity contribution is 5.87. The average Bonchev–Trinajstić information content (AvgIpc) is 2.78. The molecule has 7 nitrogen and oxygen atoms in total. The molecule has 21 heavy (non-hydrogen) atoms. The molecule has 0 radical (unpaired) electrons. The third-order valence-electron chi connectivity index (χ3n) is 3.06. The Balaban J connectivity index is 1.76. The number of rotatable bonds is 5. The maximum absolute atomic E-state index is 11.7. The van der Waals surface area contributed by atoms with E-state index in [1.807, 2.05) is 31.2 Å². The summed E-state index contributed by atoms with van der Waals surface area (Å²) in [5, 5.41) is 9.42. The van der Waals surface area contributed by atoms with Crippen molar-refractivity contribution in [1.82, 2.24) is 20.1 Å². The Morgan fingerprint density at radius 3 is 2.62 bits per heavy atom. The van der Waals surface area contributed by atoms with Gasteiger partial charge in [-0.05, 0) is 31.0 Å². The van der Waals surface area contributed by atoms with Gasteiger partial charge in [0.25, 0.3) is 0 Å². The SMILES string of the molecule is COc1ccc(CCNC(=O)Nc2nc(C)n(C)n2)cc1. The van der Waals surface area contributed by atoms with E-state index in [1.165, 1.54) is 0 Å². The molecule has 112 valence electrons. The van der Waals surface area contributed by atoms with Gasteiger partial charge in [0.2, 0.25) is 5.95 Å². The van der Waals surface area contributed by atoms with E-state index in [1.54, 1.807) is 18.8 Å². The Morgan fingerprint density at radius 2 is 2.05 bits per heavy atom. The summed E-state index contributed by atoms with van der Waals surface area (Å²) in [6.45, 7) is 2.35. The zero-order chi connectivity index (χ0) is 15.2. The predicted molar refractivity (Wildman–Crippen MR) is 79.5 cm³/mol. The molecule has 0 aliphatic carbocycles. The normalized spacial score (nSPS) is 10.2. The first-order valence-electron chi connectivity index (χ1n) is 6.64. The number of carbonyl (C=O) groups excluding carboxylic acids is 1. The van der Waals surface area contributed by atoms with Crippen LogP contribution in [0.4, 0.5) is 10.7 Å². The van der Waals surface area contributed by atoms with Crippen molar-refractivity contribution in [2.24, 2.45) is 7.05 Å². The minimum atomic E-state index is -0.311. The molecule has 0 unspecified atom stereocenters. The molecule has 2 rings (SSSR count). The van der Waals surface area contributed by atoms with E-state index in [0.717, 1.165) is 23.6 Å². The quantitative estimate of drug-likeness (QED) is 0.874. The van der Waals surface area contributed by atoms with Crippen LogP contribution in [0, 0.1) is 6.92 Å². The number of hydrogen-bond donors (Lipinski definition) is 2. The number of hydrogen-bond acceptors (Lipinski definition) is 4. The lowest BCUT2D eigenvalue weighted by molar-refractivity contribution is 0.252. The van der Waals surface area contributed by atoms with Crippen LogP contribution in [-0.4, -0.2) is 34.5 Å². The second kappa shape index (κ2) is 6.74. The molecule has 2 aromatic rings. The van der Waals surface area contributed by atoms with Crippen LogP contribution in [0.2, 0.25) is 0 Å². The molecule has 0 fully saturated rings. The number of benzene rings is 1. The molecule has 1 heterocycles. The third kappa shape index (κ3) is 4.20. The molecular weight excluding hydrogens is 270 g/mol. The topological polar surface area (TPSA) is 81.1 Å². The highest BCUT2D eigenvalue weighted by Gasteiger charge is 2.07. The summed E-state index contributed by atoms with van der Waals surface area (Å²) in [6, 6.07) is 7.44. The number of nitrogens with one attached hydrogen (secondary N) is 2. The molecule has 0 saturated heterocycles. The number of ether oxygens (including phenoxy) is 1. The van der Waals surface area contributed by atoms with Crippen LogP contribution in [0.5, 0.6) is 5.75 Å². The Morgan fingerprint density at radius 1 is 1.33 bits per heavy atom. The third-order valence-corrected chi connectivity index (χ3v) is 3.06. The van der Waals surface area contributed by atoms with E-state index in [2.05, 4.69) is 20.7 Å². The van der Waals surface area contributed by atoms with E-state index >= 15 is 0 Å². The Kier molecular flexibility index (Phi) is 4.76. The van der Waals surface area contributed by atoms with Crippen LogP contribution in [-0.2, 0) is 13.5 Å². The fourth-order valence-corrected chi connectivity index (χ4v) is 1.77. The van der Waals surface area contributed by atoms with Gasteiger partial charge in [0.05, 0.1) is 7.11 Å². The van der Waals surface area contributed by atoms with Gasteiger partial charge in [-0.2, -0.15) is 4.98 Å². The second-order valence-electron chi connectivity index (χ2n) is 4.59. The van der Waals surface area contributed by atoms with Crippen LogP contribution < -0.4 is 15.4 Å². The molecule has 1 aromatic carbocycles. The van der Waals surface area contributed by atoms with Crippen molar-refractivity contribution >= 4 is 12.0 Å². The van der Waals surface area contributed by atoms with Gasteiger partial charge < -0.3 is 10.1 Å². The maximum atomic E-state index is 11.7. The first kappa shape index (κ1) is 14.8. The second-order valence-corrected chi connectivity index (χ2v) is 4.59. The summed E-state index contributed by atoms with van der Waals surface area (Å²) in [5.41, 5.74) is 1.13. The Bertz CT molecular complexity index is 587. The molecule has 7 heteroatoms. The molecule has 0 saturated carbocycles. The van der Waals surface area contributed by atoms with Crippen molar-refractivity contribution < 1.29 is 9.53 Å². The van der Waals surface area contributed by atoms with Crippen molar-refractivity contribution in [3.63, 3.8) is 0 Å². The Hall–Kier alpha value is -2.57.